The zero-order valence-corrected chi connectivity index (χ0v) is 10.4. The Balaban J connectivity index is 2.14. The third-order valence-corrected chi connectivity index (χ3v) is 2.82. The van der Waals surface area contributed by atoms with Crippen molar-refractivity contribution >= 4 is 5.97 Å². The van der Waals surface area contributed by atoms with Gasteiger partial charge >= 0.3 is 5.97 Å². The van der Waals surface area contributed by atoms with Gasteiger partial charge in [0.05, 0.1) is 19.8 Å². The molecule has 0 aliphatic carbocycles. The van der Waals surface area contributed by atoms with Gasteiger partial charge in [0, 0.05) is 19.1 Å². The average Bonchev–Trinajstić information content (AvgIpc) is 2.27. The van der Waals surface area contributed by atoms with Crippen molar-refractivity contribution in [2.24, 2.45) is 0 Å². The minimum atomic E-state index is -0.143. The summed E-state index contributed by atoms with van der Waals surface area (Å²) in [5, 5.41) is 0. The Morgan fingerprint density at radius 3 is 2.62 bits per heavy atom. The van der Waals surface area contributed by atoms with Gasteiger partial charge in [-0.25, -0.2) is 0 Å². The molecule has 1 atom stereocenters. The number of carbonyl (C=O) groups excluding carboxylic acids is 1. The minimum Gasteiger partial charge on any atom is -0.463 e. The van der Waals surface area contributed by atoms with Crippen molar-refractivity contribution in [1.82, 2.24) is 9.80 Å². The van der Waals surface area contributed by atoms with Crippen LogP contribution in [0.4, 0.5) is 0 Å². The van der Waals surface area contributed by atoms with Crippen LogP contribution in [0.5, 0.6) is 0 Å². The first kappa shape index (κ1) is 13.4. The van der Waals surface area contributed by atoms with Gasteiger partial charge in [-0.15, -0.1) is 0 Å². The van der Waals surface area contributed by atoms with Gasteiger partial charge in [-0.05, 0) is 21.0 Å². The fourth-order valence-corrected chi connectivity index (χ4v) is 1.35. The van der Waals surface area contributed by atoms with Crippen LogP contribution in [0.1, 0.15) is 6.92 Å². The average molecular weight is 230 g/mol. The molecule has 1 heterocycles. The number of likely N-dealkylation sites (N-methyl/N-ethyl adjacent to an activating group) is 1. The second-order valence-corrected chi connectivity index (χ2v) is 4.38. The maximum atomic E-state index is 11.5. The fraction of sp³-hybridized carbons (Fsp3) is 0.909. The van der Waals surface area contributed by atoms with Crippen molar-refractivity contribution in [2.45, 2.75) is 13.0 Å². The van der Waals surface area contributed by atoms with E-state index < -0.39 is 0 Å². The molecule has 0 radical (unpaired) electrons. The highest BCUT2D eigenvalue weighted by Gasteiger charge is 2.15. The lowest BCUT2D eigenvalue weighted by molar-refractivity contribution is -0.147. The summed E-state index contributed by atoms with van der Waals surface area (Å²) >= 11 is 0. The van der Waals surface area contributed by atoms with Crippen molar-refractivity contribution in [3.63, 3.8) is 0 Å². The molecule has 1 aliphatic heterocycles. The van der Waals surface area contributed by atoms with Gasteiger partial charge in [0.25, 0.3) is 0 Å². The van der Waals surface area contributed by atoms with Crippen LogP contribution in [0, 0.1) is 0 Å². The Labute approximate surface area is 97.3 Å². The van der Waals surface area contributed by atoms with E-state index in [1.54, 1.807) is 0 Å². The van der Waals surface area contributed by atoms with Gasteiger partial charge in [-0.3, -0.25) is 9.69 Å². The number of hydrogen-bond donors (Lipinski definition) is 0. The number of rotatable bonds is 5. The van der Waals surface area contributed by atoms with E-state index in [0.29, 0.717) is 26.4 Å². The van der Waals surface area contributed by atoms with Gasteiger partial charge in [-0.1, -0.05) is 0 Å². The molecule has 0 bridgehead atoms. The van der Waals surface area contributed by atoms with Crippen LogP contribution >= 0.6 is 0 Å². The normalized spacial score (nSPS) is 19.8. The second-order valence-electron chi connectivity index (χ2n) is 4.38. The Morgan fingerprint density at radius 2 is 2.06 bits per heavy atom. The number of morpholine rings is 1. The zero-order chi connectivity index (χ0) is 12.0. The van der Waals surface area contributed by atoms with Crippen LogP contribution in [0.15, 0.2) is 0 Å². The van der Waals surface area contributed by atoms with E-state index in [1.165, 1.54) is 0 Å². The first-order valence-corrected chi connectivity index (χ1v) is 5.71. The smallest absolute Gasteiger partial charge is 0.320 e. The number of carbonyl (C=O) groups is 1. The van der Waals surface area contributed by atoms with Crippen molar-refractivity contribution < 1.29 is 14.3 Å². The number of nitrogens with zero attached hydrogens (tertiary/aromatic N) is 2. The Bertz CT molecular complexity index is 215. The van der Waals surface area contributed by atoms with Crippen LogP contribution in [0.2, 0.25) is 0 Å². The molecule has 94 valence electrons. The van der Waals surface area contributed by atoms with Gasteiger partial charge in [0.1, 0.15) is 6.61 Å². The first-order valence-electron chi connectivity index (χ1n) is 5.71. The highest BCUT2D eigenvalue weighted by molar-refractivity contribution is 5.71. The Hall–Kier alpha value is -0.650. The summed E-state index contributed by atoms with van der Waals surface area (Å²) in [5.74, 6) is -0.143. The summed E-state index contributed by atoms with van der Waals surface area (Å²) in [4.78, 5) is 15.6. The third-order valence-electron chi connectivity index (χ3n) is 2.82. The van der Waals surface area contributed by atoms with Crippen molar-refractivity contribution in [3.8, 4) is 0 Å². The maximum Gasteiger partial charge on any atom is 0.320 e. The molecule has 0 aromatic heterocycles. The van der Waals surface area contributed by atoms with Gasteiger partial charge in [0.2, 0.25) is 0 Å². The molecule has 5 nitrogen and oxygen atoms in total. The third kappa shape index (κ3) is 4.92. The molecule has 1 saturated heterocycles. The number of ether oxygens (including phenoxy) is 2. The number of esters is 1. The molecule has 0 N–H and O–H groups in total. The van der Waals surface area contributed by atoms with Crippen molar-refractivity contribution in [2.75, 3.05) is 53.6 Å². The van der Waals surface area contributed by atoms with Gasteiger partial charge in [-0.2, -0.15) is 0 Å². The standard InChI is InChI=1S/C11H22N2O3/c1-10(12(2)3)9-16-11(14)8-13-4-6-15-7-5-13/h10H,4-9H2,1-3H3/t10-/m1/s1. The molecular weight excluding hydrogens is 208 g/mol. The zero-order valence-electron chi connectivity index (χ0n) is 10.4. The highest BCUT2D eigenvalue weighted by atomic mass is 16.5. The lowest BCUT2D eigenvalue weighted by Gasteiger charge is -2.26. The summed E-state index contributed by atoms with van der Waals surface area (Å²) in [6.07, 6.45) is 0. The first-order chi connectivity index (χ1) is 7.59. The maximum absolute atomic E-state index is 11.5. The second kappa shape index (κ2) is 6.83. The molecule has 0 unspecified atom stereocenters. The summed E-state index contributed by atoms with van der Waals surface area (Å²) in [5.41, 5.74) is 0. The van der Waals surface area contributed by atoms with E-state index in [9.17, 15) is 4.79 Å². The van der Waals surface area contributed by atoms with Gasteiger partial charge in [0.15, 0.2) is 0 Å². The van der Waals surface area contributed by atoms with Crippen LogP contribution in [-0.2, 0) is 14.3 Å². The molecule has 1 fully saturated rings. The van der Waals surface area contributed by atoms with Crippen molar-refractivity contribution in [3.05, 3.63) is 0 Å². The number of hydrogen-bond acceptors (Lipinski definition) is 5. The Kier molecular flexibility index (Phi) is 5.73. The summed E-state index contributed by atoms with van der Waals surface area (Å²) in [6, 6.07) is 0.258. The van der Waals surface area contributed by atoms with Crippen LogP contribution < -0.4 is 0 Å². The molecule has 16 heavy (non-hydrogen) atoms. The molecule has 0 amide bonds. The van der Waals surface area contributed by atoms with E-state index in [-0.39, 0.29) is 12.0 Å². The minimum absolute atomic E-state index is 0.143. The molecule has 1 rings (SSSR count). The van der Waals surface area contributed by atoms with E-state index in [4.69, 9.17) is 9.47 Å². The van der Waals surface area contributed by atoms with Crippen LogP contribution in [0.3, 0.4) is 0 Å². The van der Waals surface area contributed by atoms with E-state index in [0.717, 1.165) is 13.1 Å². The Morgan fingerprint density at radius 1 is 1.44 bits per heavy atom. The lowest BCUT2D eigenvalue weighted by Crippen LogP contribution is -2.41. The topological polar surface area (TPSA) is 42.0 Å². The predicted octanol–water partition coefficient (Wildman–Crippen LogP) is -0.188. The SMILES string of the molecule is C[C@H](COC(=O)CN1CCOCC1)N(C)C. The van der Waals surface area contributed by atoms with E-state index >= 15 is 0 Å². The monoisotopic (exact) mass is 230 g/mol. The summed E-state index contributed by atoms with van der Waals surface area (Å²) < 4.78 is 10.4. The largest absolute Gasteiger partial charge is 0.463 e. The molecule has 0 spiro atoms. The quantitative estimate of drug-likeness (QED) is 0.613. The van der Waals surface area contributed by atoms with Crippen LogP contribution in [0.25, 0.3) is 0 Å². The van der Waals surface area contributed by atoms with Crippen LogP contribution in [-0.4, -0.2) is 75.4 Å². The molecule has 5 heteroatoms. The molecular formula is C11H22N2O3. The molecule has 0 aromatic carbocycles. The van der Waals surface area contributed by atoms with E-state index in [2.05, 4.69) is 4.90 Å². The lowest BCUT2D eigenvalue weighted by atomic mass is 10.3. The summed E-state index contributed by atoms with van der Waals surface area (Å²) in [7, 11) is 3.95. The van der Waals surface area contributed by atoms with Crippen molar-refractivity contribution in [1.29, 1.82) is 0 Å². The molecule has 0 aromatic rings. The van der Waals surface area contributed by atoms with Gasteiger partial charge < -0.3 is 14.4 Å². The highest BCUT2D eigenvalue weighted by Crippen LogP contribution is 1.98. The molecule has 1 aliphatic rings. The summed E-state index contributed by atoms with van der Waals surface area (Å²) in [6.45, 7) is 5.92. The molecule has 0 saturated carbocycles. The van der Waals surface area contributed by atoms with E-state index in [1.807, 2.05) is 25.9 Å². The fourth-order valence-electron chi connectivity index (χ4n) is 1.35. The predicted molar refractivity (Wildman–Crippen MR) is 61.4 cm³/mol.